The molecular formula is C26H34O2. The van der Waals surface area contributed by atoms with E-state index in [0.29, 0.717) is 12.2 Å². The molecule has 0 saturated heterocycles. The van der Waals surface area contributed by atoms with Crippen molar-refractivity contribution in [2.75, 3.05) is 0 Å². The topological polar surface area (TPSA) is 26.3 Å². The summed E-state index contributed by atoms with van der Waals surface area (Å²) in [4.78, 5) is 11.8. The van der Waals surface area contributed by atoms with Crippen LogP contribution in [0, 0.1) is 11.8 Å². The van der Waals surface area contributed by atoms with Gasteiger partial charge in [0.25, 0.3) is 0 Å². The van der Waals surface area contributed by atoms with Crippen LogP contribution in [-0.2, 0) is 17.6 Å². The highest BCUT2D eigenvalue weighted by Crippen LogP contribution is 2.33. The molecule has 0 saturated carbocycles. The minimum Gasteiger partial charge on any atom is -0.427 e. The number of fused-ring (bicyclic) bond motifs is 1. The van der Waals surface area contributed by atoms with Crippen molar-refractivity contribution in [1.82, 2.24) is 0 Å². The van der Waals surface area contributed by atoms with Gasteiger partial charge in [0.1, 0.15) is 5.75 Å². The van der Waals surface area contributed by atoms with Crippen LogP contribution in [0.3, 0.4) is 0 Å². The van der Waals surface area contributed by atoms with Crippen LogP contribution in [0.5, 0.6) is 5.75 Å². The Hall–Kier alpha value is -2.09. The average Bonchev–Trinajstić information content (AvgIpc) is 2.72. The smallest absolute Gasteiger partial charge is 0.311 e. The molecule has 1 aliphatic carbocycles. The fourth-order valence-electron chi connectivity index (χ4n) is 4.17. The summed E-state index contributed by atoms with van der Waals surface area (Å²) in [7, 11) is 0. The standard InChI is InChI=1S/C26H34O2/c1-4-6-7-26(27)28-25-14-12-21(13-15-25)23-11-10-22-17-20(16-19(3)5-2)8-9-24(22)18-23/h10-15,18-20H,4-9,16-17H2,1-3H3. The number of benzene rings is 2. The van der Waals surface area contributed by atoms with Crippen LogP contribution in [0.4, 0.5) is 0 Å². The Morgan fingerprint density at radius 3 is 2.54 bits per heavy atom. The zero-order valence-corrected chi connectivity index (χ0v) is 17.7. The Bertz CT molecular complexity index is 776. The summed E-state index contributed by atoms with van der Waals surface area (Å²) in [5.41, 5.74) is 5.47. The quantitative estimate of drug-likeness (QED) is 0.365. The number of carbonyl (C=O) groups is 1. The lowest BCUT2D eigenvalue weighted by molar-refractivity contribution is -0.134. The number of ether oxygens (including phenoxy) is 1. The first-order valence-electron chi connectivity index (χ1n) is 11.0. The number of carbonyl (C=O) groups excluding carboxylic acids is 1. The van der Waals surface area contributed by atoms with Crippen molar-refractivity contribution in [3.63, 3.8) is 0 Å². The van der Waals surface area contributed by atoms with Gasteiger partial charge in [0.15, 0.2) is 0 Å². The highest BCUT2D eigenvalue weighted by Gasteiger charge is 2.20. The Kier molecular flexibility index (Phi) is 7.30. The summed E-state index contributed by atoms with van der Waals surface area (Å²) in [6, 6.07) is 14.8. The molecule has 150 valence electrons. The van der Waals surface area contributed by atoms with Gasteiger partial charge in [-0.15, -0.1) is 0 Å². The van der Waals surface area contributed by atoms with Gasteiger partial charge in [0.05, 0.1) is 0 Å². The molecule has 28 heavy (non-hydrogen) atoms. The Labute approximate surface area is 170 Å². The molecule has 0 amide bonds. The molecule has 2 unspecified atom stereocenters. The van der Waals surface area contributed by atoms with Crippen molar-refractivity contribution in [3.05, 3.63) is 53.6 Å². The molecule has 2 nitrogen and oxygen atoms in total. The van der Waals surface area contributed by atoms with Crippen molar-refractivity contribution in [2.45, 2.75) is 72.1 Å². The first-order chi connectivity index (χ1) is 13.6. The van der Waals surface area contributed by atoms with Gasteiger partial charge in [-0.1, -0.05) is 63.9 Å². The molecule has 1 aliphatic rings. The average molecular weight is 379 g/mol. The molecule has 0 fully saturated rings. The second-order valence-corrected chi connectivity index (χ2v) is 8.44. The maximum Gasteiger partial charge on any atom is 0.311 e. The van der Waals surface area contributed by atoms with Gasteiger partial charge in [-0.25, -0.2) is 0 Å². The summed E-state index contributed by atoms with van der Waals surface area (Å²) in [6.07, 6.45) is 8.75. The predicted molar refractivity (Wildman–Crippen MR) is 117 cm³/mol. The van der Waals surface area contributed by atoms with E-state index in [1.165, 1.54) is 54.4 Å². The predicted octanol–water partition coefficient (Wildman–Crippen LogP) is 6.99. The minimum absolute atomic E-state index is 0.143. The van der Waals surface area contributed by atoms with Crippen molar-refractivity contribution < 1.29 is 9.53 Å². The molecule has 0 aromatic heterocycles. The molecule has 2 aromatic carbocycles. The third-order valence-corrected chi connectivity index (χ3v) is 6.12. The zero-order valence-electron chi connectivity index (χ0n) is 17.7. The number of rotatable bonds is 8. The van der Waals surface area contributed by atoms with E-state index in [0.717, 1.165) is 24.7 Å². The third-order valence-electron chi connectivity index (χ3n) is 6.12. The maximum atomic E-state index is 11.8. The van der Waals surface area contributed by atoms with Gasteiger partial charge in [-0.05, 0) is 78.3 Å². The maximum absolute atomic E-state index is 11.8. The van der Waals surface area contributed by atoms with E-state index in [1.54, 1.807) is 0 Å². The van der Waals surface area contributed by atoms with Crippen LogP contribution < -0.4 is 4.74 Å². The van der Waals surface area contributed by atoms with Crippen LogP contribution in [0.1, 0.15) is 70.4 Å². The lowest BCUT2D eigenvalue weighted by Gasteiger charge is -2.27. The van der Waals surface area contributed by atoms with E-state index in [1.807, 2.05) is 12.1 Å². The number of hydrogen-bond donors (Lipinski definition) is 0. The van der Waals surface area contributed by atoms with Gasteiger partial charge in [0.2, 0.25) is 0 Å². The van der Waals surface area contributed by atoms with E-state index in [4.69, 9.17) is 4.74 Å². The molecule has 2 atom stereocenters. The highest BCUT2D eigenvalue weighted by atomic mass is 16.5. The van der Waals surface area contributed by atoms with Crippen molar-refractivity contribution >= 4 is 5.97 Å². The van der Waals surface area contributed by atoms with Crippen molar-refractivity contribution in [3.8, 4) is 16.9 Å². The van der Waals surface area contributed by atoms with Crippen LogP contribution in [0.15, 0.2) is 42.5 Å². The van der Waals surface area contributed by atoms with Crippen molar-refractivity contribution in [2.24, 2.45) is 11.8 Å². The molecule has 0 N–H and O–H groups in total. The monoisotopic (exact) mass is 378 g/mol. The van der Waals surface area contributed by atoms with Gasteiger partial charge in [-0.3, -0.25) is 4.79 Å². The Morgan fingerprint density at radius 1 is 1.07 bits per heavy atom. The third kappa shape index (κ3) is 5.47. The molecule has 2 aromatic rings. The highest BCUT2D eigenvalue weighted by molar-refractivity contribution is 5.73. The Balaban J connectivity index is 1.64. The molecule has 3 rings (SSSR count). The van der Waals surface area contributed by atoms with E-state index < -0.39 is 0 Å². The van der Waals surface area contributed by atoms with Gasteiger partial charge >= 0.3 is 5.97 Å². The zero-order chi connectivity index (χ0) is 19.9. The largest absolute Gasteiger partial charge is 0.427 e. The summed E-state index contributed by atoms with van der Waals surface area (Å²) in [6.45, 7) is 6.75. The van der Waals surface area contributed by atoms with Crippen LogP contribution in [0.25, 0.3) is 11.1 Å². The van der Waals surface area contributed by atoms with Crippen molar-refractivity contribution in [1.29, 1.82) is 0 Å². The first-order valence-corrected chi connectivity index (χ1v) is 11.0. The fourth-order valence-corrected chi connectivity index (χ4v) is 4.17. The SMILES string of the molecule is CCCCC(=O)Oc1ccc(-c2ccc3c(c2)CCC(CC(C)CC)C3)cc1. The van der Waals surface area contributed by atoms with Gasteiger partial charge < -0.3 is 4.74 Å². The van der Waals surface area contributed by atoms with E-state index in [2.05, 4.69) is 51.1 Å². The van der Waals surface area contributed by atoms with E-state index in [9.17, 15) is 4.79 Å². The summed E-state index contributed by atoms with van der Waals surface area (Å²) in [5, 5.41) is 0. The van der Waals surface area contributed by atoms with Crippen LogP contribution in [0.2, 0.25) is 0 Å². The second kappa shape index (κ2) is 9.91. The van der Waals surface area contributed by atoms with E-state index >= 15 is 0 Å². The molecule has 0 heterocycles. The van der Waals surface area contributed by atoms with Gasteiger partial charge in [-0.2, -0.15) is 0 Å². The summed E-state index contributed by atoms with van der Waals surface area (Å²) in [5.74, 6) is 2.17. The first kappa shape index (κ1) is 20.6. The Morgan fingerprint density at radius 2 is 1.82 bits per heavy atom. The fraction of sp³-hybridized carbons (Fsp3) is 0.500. The summed E-state index contributed by atoms with van der Waals surface area (Å²) >= 11 is 0. The normalized spacial score (nSPS) is 17.0. The number of esters is 1. The number of aryl methyl sites for hydroxylation is 1. The second-order valence-electron chi connectivity index (χ2n) is 8.44. The molecule has 0 bridgehead atoms. The van der Waals surface area contributed by atoms with Crippen LogP contribution >= 0.6 is 0 Å². The van der Waals surface area contributed by atoms with Crippen LogP contribution in [-0.4, -0.2) is 5.97 Å². The lowest BCUT2D eigenvalue weighted by atomic mass is 9.78. The molecule has 0 radical (unpaired) electrons. The molecule has 0 spiro atoms. The molecule has 0 aliphatic heterocycles. The minimum atomic E-state index is -0.143. The van der Waals surface area contributed by atoms with E-state index in [-0.39, 0.29) is 5.97 Å². The lowest BCUT2D eigenvalue weighted by Crippen LogP contribution is -2.16. The molecule has 2 heteroatoms. The molecular weight excluding hydrogens is 344 g/mol. The van der Waals surface area contributed by atoms with Gasteiger partial charge in [0, 0.05) is 6.42 Å². The summed E-state index contributed by atoms with van der Waals surface area (Å²) < 4.78 is 5.41. The number of unbranched alkanes of at least 4 members (excludes halogenated alkanes) is 1. The number of hydrogen-bond acceptors (Lipinski definition) is 2.